The molecule has 0 bridgehead atoms. The van der Waals surface area contributed by atoms with Crippen LogP contribution in [0, 0.1) is 37.0 Å². The summed E-state index contributed by atoms with van der Waals surface area (Å²) in [6.07, 6.45) is 6.44. The molecule has 0 aromatic rings. The van der Waals surface area contributed by atoms with Crippen molar-refractivity contribution in [3.8, 4) is 0 Å². The molecule has 0 amide bonds. The molecule has 0 aromatic carbocycles. The predicted octanol–water partition coefficient (Wildman–Crippen LogP) is 1.10. The lowest BCUT2D eigenvalue weighted by atomic mass is 9.90. The van der Waals surface area contributed by atoms with Gasteiger partial charge in [-0.1, -0.05) is 0 Å². The van der Waals surface area contributed by atoms with E-state index in [2.05, 4.69) is 0 Å². The monoisotopic (exact) mass is 207 g/mol. The summed E-state index contributed by atoms with van der Waals surface area (Å²) in [6.45, 7) is 2.22. The SMILES string of the molecule is CCOC(=O)C[C@H]1C[C@H](O)[C]2[CH][CH][CH][C]21. The highest BCUT2D eigenvalue weighted by Gasteiger charge is 2.46. The Labute approximate surface area is 90.8 Å². The van der Waals surface area contributed by atoms with Gasteiger partial charge in [-0.05, 0) is 44.4 Å². The van der Waals surface area contributed by atoms with Gasteiger partial charge in [0, 0.05) is 12.3 Å². The summed E-state index contributed by atoms with van der Waals surface area (Å²) >= 11 is 0. The van der Waals surface area contributed by atoms with Gasteiger partial charge in [0.25, 0.3) is 0 Å². The zero-order valence-electron chi connectivity index (χ0n) is 8.77. The van der Waals surface area contributed by atoms with Crippen molar-refractivity contribution >= 4 is 5.97 Å². The molecule has 2 aliphatic rings. The molecule has 15 heavy (non-hydrogen) atoms. The van der Waals surface area contributed by atoms with Crippen molar-refractivity contribution in [1.29, 1.82) is 0 Å². The molecule has 2 aliphatic carbocycles. The highest BCUT2D eigenvalue weighted by molar-refractivity contribution is 5.71. The number of rotatable bonds is 3. The van der Waals surface area contributed by atoms with Gasteiger partial charge in [0.05, 0.1) is 12.7 Å². The highest BCUT2D eigenvalue weighted by Crippen LogP contribution is 2.50. The number of carbonyl (C=O) groups is 1. The number of hydrogen-bond donors (Lipinski definition) is 1. The molecule has 0 heterocycles. The van der Waals surface area contributed by atoms with Crippen LogP contribution in [0.4, 0.5) is 0 Å². The summed E-state index contributed by atoms with van der Waals surface area (Å²) in [5, 5.41) is 9.73. The minimum atomic E-state index is -0.408. The molecule has 2 atom stereocenters. The quantitative estimate of drug-likeness (QED) is 0.705. The van der Waals surface area contributed by atoms with Crippen molar-refractivity contribution in [1.82, 2.24) is 0 Å². The third-order valence-electron chi connectivity index (χ3n) is 2.91. The molecule has 0 unspecified atom stereocenters. The smallest absolute Gasteiger partial charge is 0.306 e. The fourth-order valence-electron chi connectivity index (χ4n) is 2.26. The van der Waals surface area contributed by atoms with E-state index >= 15 is 0 Å². The predicted molar refractivity (Wildman–Crippen MR) is 54.7 cm³/mol. The summed E-state index contributed by atoms with van der Waals surface area (Å²) in [5.74, 6) is 2.03. The van der Waals surface area contributed by atoms with Crippen LogP contribution in [0.1, 0.15) is 19.8 Å². The average molecular weight is 207 g/mol. The van der Waals surface area contributed by atoms with Crippen LogP contribution in [0.25, 0.3) is 0 Å². The van der Waals surface area contributed by atoms with Crippen LogP contribution in [0.2, 0.25) is 0 Å². The minimum Gasteiger partial charge on any atom is -0.466 e. The van der Waals surface area contributed by atoms with Crippen LogP contribution in [0.3, 0.4) is 0 Å². The zero-order valence-corrected chi connectivity index (χ0v) is 8.77. The van der Waals surface area contributed by atoms with Crippen LogP contribution >= 0.6 is 0 Å². The third kappa shape index (κ3) is 2.17. The zero-order chi connectivity index (χ0) is 10.8. The Morgan fingerprint density at radius 2 is 2.27 bits per heavy atom. The Hall–Kier alpha value is -0.570. The van der Waals surface area contributed by atoms with E-state index in [1.165, 1.54) is 0 Å². The van der Waals surface area contributed by atoms with E-state index in [-0.39, 0.29) is 11.9 Å². The molecule has 5 radical (unpaired) electrons. The number of aliphatic hydroxyl groups is 1. The number of ether oxygens (including phenoxy) is 1. The van der Waals surface area contributed by atoms with Crippen molar-refractivity contribution in [3.63, 3.8) is 0 Å². The maximum Gasteiger partial charge on any atom is 0.306 e. The molecule has 2 saturated carbocycles. The molecule has 81 valence electrons. The molecule has 2 fully saturated rings. The van der Waals surface area contributed by atoms with Gasteiger partial charge in [0.2, 0.25) is 0 Å². The summed E-state index contributed by atoms with van der Waals surface area (Å²) in [6, 6.07) is 0. The Morgan fingerprint density at radius 3 is 3.00 bits per heavy atom. The largest absolute Gasteiger partial charge is 0.466 e. The first kappa shape index (κ1) is 10.9. The molecule has 0 aromatic heterocycles. The van der Waals surface area contributed by atoms with E-state index in [4.69, 9.17) is 4.74 Å². The van der Waals surface area contributed by atoms with Gasteiger partial charge in [-0.25, -0.2) is 0 Å². The van der Waals surface area contributed by atoms with E-state index < -0.39 is 6.10 Å². The van der Waals surface area contributed by atoms with Crippen LogP contribution in [0.5, 0.6) is 0 Å². The molecule has 1 N–H and O–H groups in total. The molecule has 3 nitrogen and oxygen atoms in total. The summed E-state index contributed by atoms with van der Waals surface area (Å²) in [7, 11) is 0. The van der Waals surface area contributed by atoms with Crippen molar-refractivity contribution < 1.29 is 14.6 Å². The van der Waals surface area contributed by atoms with Gasteiger partial charge in [-0.2, -0.15) is 0 Å². The fraction of sp³-hybridized carbons (Fsp3) is 0.500. The molecule has 3 heteroatoms. The normalized spacial score (nSPS) is 31.9. The van der Waals surface area contributed by atoms with E-state index in [9.17, 15) is 9.90 Å². The minimum absolute atomic E-state index is 0.129. The Bertz CT molecular complexity index is 239. The average Bonchev–Trinajstić information content (AvgIpc) is 2.73. The van der Waals surface area contributed by atoms with Crippen LogP contribution in [-0.4, -0.2) is 23.8 Å². The lowest BCUT2D eigenvalue weighted by Crippen LogP contribution is -2.14. The van der Waals surface area contributed by atoms with Gasteiger partial charge < -0.3 is 9.84 Å². The number of aliphatic hydroxyl groups excluding tert-OH is 1. The van der Waals surface area contributed by atoms with Crippen molar-refractivity contribution in [2.45, 2.75) is 25.9 Å². The summed E-state index contributed by atoms with van der Waals surface area (Å²) in [4.78, 5) is 11.3. The Morgan fingerprint density at radius 1 is 1.53 bits per heavy atom. The standard InChI is InChI=1S/C12H15O3/c1-2-15-12(14)7-8-6-11(13)10-5-3-4-9(8)10/h3-5,8,11,13H,2,6-7H2,1H3/t8-,11+/m1/s1. The van der Waals surface area contributed by atoms with Crippen molar-refractivity contribution in [2.24, 2.45) is 5.92 Å². The van der Waals surface area contributed by atoms with Gasteiger partial charge >= 0.3 is 5.97 Å². The van der Waals surface area contributed by atoms with E-state index in [0.29, 0.717) is 19.4 Å². The molecular formula is C12H15O3. The number of carbonyl (C=O) groups excluding carboxylic acids is 1. The molecule has 2 rings (SSSR count). The second-order valence-corrected chi connectivity index (χ2v) is 3.89. The van der Waals surface area contributed by atoms with Crippen LogP contribution < -0.4 is 0 Å². The lowest BCUT2D eigenvalue weighted by Gasteiger charge is -2.15. The van der Waals surface area contributed by atoms with Crippen molar-refractivity contribution in [3.05, 3.63) is 31.1 Å². The first-order valence-corrected chi connectivity index (χ1v) is 5.31. The van der Waals surface area contributed by atoms with Gasteiger partial charge in [-0.15, -0.1) is 0 Å². The topological polar surface area (TPSA) is 46.5 Å². The highest BCUT2D eigenvalue weighted by atomic mass is 16.5. The fourth-order valence-corrected chi connectivity index (χ4v) is 2.26. The van der Waals surface area contributed by atoms with Crippen molar-refractivity contribution in [2.75, 3.05) is 6.61 Å². The van der Waals surface area contributed by atoms with Gasteiger partial charge in [-0.3, -0.25) is 4.79 Å². The first-order chi connectivity index (χ1) is 7.22. The van der Waals surface area contributed by atoms with E-state index in [1.807, 2.05) is 19.3 Å². The van der Waals surface area contributed by atoms with E-state index in [0.717, 1.165) is 11.8 Å². The molecule has 0 spiro atoms. The van der Waals surface area contributed by atoms with Crippen LogP contribution in [-0.2, 0) is 9.53 Å². The van der Waals surface area contributed by atoms with Crippen LogP contribution in [0.15, 0.2) is 0 Å². The number of hydrogen-bond acceptors (Lipinski definition) is 3. The third-order valence-corrected chi connectivity index (χ3v) is 2.91. The van der Waals surface area contributed by atoms with Gasteiger partial charge in [0.1, 0.15) is 0 Å². The maximum absolute atomic E-state index is 11.3. The molecular weight excluding hydrogens is 192 g/mol. The summed E-state index contributed by atoms with van der Waals surface area (Å²) < 4.78 is 4.91. The number of fused-ring (bicyclic) bond motifs is 1. The lowest BCUT2D eigenvalue weighted by molar-refractivity contribution is -0.144. The molecule has 0 saturated heterocycles. The first-order valence-electron chi connectivity index (χ1n) is 5.31. The molecule has 0 aliphatic heterocycles. The second kappa shape index (κ2) is 4.52. The maximum atomic E-state index is 11.3. The summed E-state index contributed by atoms with van der Waals surface area (Å²) in [5.41, 5.74) is 0. The Balaban J connectivity index is 1.90. The second-order valence-electron chi connectivity index (χ2n) is 3.89. The Kier molecular flexibility index (Phi) is 3.29. The number of esters is 1. The van der Waals surface area contributed by atoms with Gasteiger partial charge in [0.15, 0.2) is 0 Å². The van der Waals surface area contributed by atoms with E-state index in [1.54, 1.807) is 6.92 Å².